The molecule has 23 heavy (non-hydrogen) atoms. The van der Waals surface area contributed by atoms with Gasteiger partial charge in [0.15, 0.2) is 11.7 Å². The first kappa shape index (κ1) is 14.9. The fourth-order valence-electron chi connectivity index (χ4n) is 1.99. The summed E-state index contributed by atoms with van der Waals surface area (Å²) >= 11 is 0. The van der Waals surface area contributed by atoms with Crippen molar-refractivity contribution in [2.24, 2.45) is 5.10 Å². The highest BCUT2D eigenvalue weighted by atomic mass is 16.4. The lowest BCUT2D eigenvalue weighted by atomic mass is 10.2. The van der Waals surface area contributed by atoms with Gasteiger partial charge in [-0.05, 0) is 42.0 Å². The summed E-state index contributed by atoms with van der Waals surface area (Å²) < 4.78 is 5.56. The Morgan fingerprint density at radius 3 is 2.65 bits per heavy atom. The molecule has 6 nitrogen and oxygen atoms in total. The van der Waals surface area contributed by atoms with Gasteiger partial charge in [0.1, 0.15) is 0 Å². The fourth-order valence-corrected chi connectivity index (χ4v) is 1.99. The maximum atomic E-state index is 8.88. The number of benzene rings is 1. The molecule has 0 spiro atoms. The van der Waals surface area contributed by atoms with Crippen LogP contribution in [0.1, 0.15) is 11.5 Å². The third-order valence-corrected chi connectivity index (χ3v) is 3.16. The van der Waals surface area contributed by atoms with Crippen LogP contribution in [0.5, 0.6) is 0 Å². The van der Waals surface area contributed by atoms with Crippen molar-refractivity contribution in [2.75, 3.05) is 12.0 Å². The van der Waals surface area contributed by atoms with Gasteiger partial charge in [0.25, 0.3) is 0 Å². The topological polar surface area (TPSA) is 83.5 Å². The van der Waals surface area contributed by atoms with Crippen LogP contribution in [0, 0.1) is 0 Å². The maximum absolute atomic E-state index is 8.88. The van der Waals surface area contributed by atoms with Gasteiger partial charge in [-0.25, -0.2) is 4.98 Å². The average molecular weight is 308 g/mol. The van der Waals surface area contributed by atoms with Crippen LogP contribution >= 0.6 is 0 Å². The van der Waals surface area contributed by atoms with Crippen molar-refractivity contribution in [3.05, 3.63) is 66.4 Å². The van der Waals surface area contributed by atoms with E-state index in [0.29, 0.717) is 18.1 Å². The van der Waals surface area contributed by atoms with E-state index in [2.05, 4.69) is 20.5 Å². The van der Waals surface area contributed by atoms with Gasteiger partial charge in [0.2, 0.25) is 0 Å². The van der Waals surface area contributed by atoms with Crippen LogP contribution < -0.4 is 5.43 Å². The second-order valence-corrected chi connectivity index (χ2v) is 4.82. The molecule has 0 saturated heterocycles. The smallest absolute Gasteiger partial charge is 0.197 e. The summed E-state index contributed by atoms with van der Waals surface area (Å²) in [6, 6.07) is 11.4. The molecular formula is C17H16N4O2. The molecule has 0 aliphatic rings. The largest absolute Gasteiger partial charge is 0.441 e. The second-order valence-electron chi connectivity index (χ2n) is 4.82. The van der Waals surface area contributed by atoms with Gasteiger partial charge in [-0.3, -0.25) is 10.4 Å². The summed E-state index contributed by atoms with van der Waals surface area (Å²) in [7, 11) is 0. The maximum Gasteiger partial charge on any atom is 0.197 e. The van der Waals surface area contributed by atoms with Gasteiger partial charge in [-0.2, -0.15) is 5.10 Å². The van der Waals surface area contributed by atoms with E-state index in [-0.39, 0.29) is 6.61 Å². The Morgan fingerprint density at radius 2 is 1.91 bits per heavy atom. The first-order chi connectivity index (χ1) is 11.3. The number of anilines is 1. The van der Waals surface area contributed by atoms with Crippen molar-refractivity contribution >= 4 is 11.9 Å². The van der Waals surface area contributed by atoms with Gasteiger partial charge < -0.3 is 9.52 Å². The summed E-state index contributed by atoms with van der Waals surface area (Å²) in [6.07, 6.45) is 7.25. The van der Waals surface area contributed by atoms with Crippen molar-refractivity contribution in [2.45, 2.75) is 6.42 Å². The standard InChI is InChI=1S/C17H16N4O2/c22-10-7-17-19-12-16(23-17)14-1-3-15(4-2-14)21-20-11-13-5-8-18-9-6-13/h1-6,8-9,11-12,21-22H,7,10H2. The van der Waals surface area contributed by atoms with E-state index in [1.54, 1.807) is 24.8 Å². The van der Waals surface area contributed by atoms with Crippen LogP contribution in [-0.2, 0) is 6.42 Å². The highest BCUT2D eigenvalue weighted by molar-refractivity contribution is 5.79. The summed E-state index contributed by atoms with van der Waals surface area (Å²) in [5.74, 6) is 1.21. The van der Waals surface area contributed by atoms with Gasteiger partial charge in [-0.1, -0.05) is 0 Å². The molecule has 2 aromatic heterocycles. The first-order valence-electron chi connectivity index (χ1n) is 7.20. The van der Waals surface area contributed by atoms with E-state index < -0.39 is 0 Å². The number of nitrogens with one attached hydrogen (secondary N) is 1. The normalized spacial score (nSPS) is 11.0. The van der Waals surface area contributed by atoms with E-state index in [9.17, 15) is 0 Å². The summed E-state index contributed by atoms with van der Waals surface area (Å²) in [5.41, 5.74) is 5.73. The van der Waals surface area contributed by atoms with Gasteiger partial charge in [0, 0.05) is 24.4 Å². The third kappa shape index (κ3) is 4.02. The van der Waals surface area contributed by atoms with Crippen molar-refractivity contribution in [1.82, 2.24) is 9.97 Å². The zero-order valence-electron chi connectivity index (χ0n) is 12.4. The Kier molecular flexibility index (Phi) is 4.76. The van der Waals surface area contributed by atoms with E-state index in [4.69, 9.17) is 9.52 Å². The predicted octanol–water partition coefficient (Wildman–Crippen LogP) is 2.72. The molecule has 0 atom stereocenters. The molecule has 2 heterocycles. The number of nitrogens with zero attached hydrogens (tertiary/aromatic N) is 3. The second kappa shape index (κ2) is 7.33. The van der Waals surface area contributed by atoms with Gasteiger partial charge in [0.05, 0.1) is 24.7 Å². The molecule has 0 aliphatic heterocycles. The lowest BCUT2D eigenvalue weighted by Crippen LogP contribution is -1.90. The van der Waals surface area contributed by atoms with Crippen LogP contribution in [0.2, 0.25) is 0 Å². The highest BCUT2D eigenvalue weighted by Crippen LogP contribution is 2.22. The van der Waals surface area contributed by atoms with Crippen molar-refractivity contribution < 1.29 is 9.52 Å². The molecule has 0 bridgehead atoms. The van der Waals surface area contributed by atoms with E-state index in [1.807, 2.05) is 36.4 Å². The average Bonchev–Trinajstić information content (AvgIpc) is 3.06. The zero-order chi connectivity index (χ0) is 15.9. The molecule has 0 unspecified atom stereocenters. The lowest BCUT2D eigenvalue weighted by Gasteiger charge is -2.01. The van der Waals surface area contributed by atoms with Gasteiger partial charge in [-0.15, -0.1) is 0 Å². The quantitative estimate of drug-likeness (QED) is 0.540. The SMILES string of the molecule is OCCc1ncc(-c2ccc(NN=Cc3ccncc3)cc2)o1. The highest BCUT2D eigenvalue weighted by Gasteiger charge is 2.05. The molecule has 3 aromatic rings. The number of hydrogen-bond acceptors (Lipinski definition) is 6. The van der Waals surface area contributed by atoms with Crippen molar-refractivity contribution in [3.63, 3.8) is 0 Å². The predicted molar refractivity (Wildman–Crippen MR) is 88.2 cm³/mol. The number of aliphatic hydroxyl groups is 1. The van der Waals surface area contributed by atoms with E-state index >= 15 is 0 Å². The van der Waals surface area contributed by atoms with Gasteiger partial charge >= 0.3 is 0 Å². The Balaban J connectivity index is 1.63. The number of hydrazone groups is 1. The van der Waals surface area contributed by atoms with Crippen LogP contribution in [0.15, 0.2) is 64.5 Å². The Hall–Kier alpha value is -2.99. The minimum atomic E-state index is 0.0261. The Morgan fingerprint density at radius 1 is 1.13 bits per heavy atom. The molecule has 1 aromatic carbocycles. The number of pyridine rings is 1. The summed E-state index contributed by atoms with van der Waals surface area (Å²) in [6.45, 7) is 0.0261. The Labute approximate surface area is 133 Å². The monoisotopic (exact) mass is 308 g/mol. The van der Waals surface area contributed by atoms with Crippen LogP contribution in [0.25, 0.3) is 11.3 Å². The summed E-state index contributed by atoms with van der Waals surface area (Å²) in [4.78, 5) is 8.07. The molecule has 116 valence electrons. The molecule has 0 saturated carbocycles. The number of oxazole rings is 1. The molecule has 3 rings (SSSR count). The summed E-state index contributed by atoms with van der Waals surface area (Å²) in [5, 5.41) is 13.1. The van der Waals surface area contributed by atoms with E-state index in [1.165, 1.54) is 0 Å². The molecule has 2 N–H and O–H groups in total. The molecule has 6 heteroatoms. The zero-order valence-corrected chi connectivity index (χ0v) is 12.4. The molecule has 0 radical (unpaired) electrons. The fraction of sp³-hybridized carbons (Fsp3) is 0.118. The molecule has 0 fully saturated rings. The molecule has 0 amide bonds. The molecular weight excluding hydrogens is 292 g/mol. The minimum Gasteiger partial charge on any atom is -0.441 e. The van der Waals surface area contributed by atoms with E-state index in [0.717, 1.165) is 16.8 Å². The van der Waals surface area contributed by atoms with Crippen LogP contribution in [0.3, 0.4) is 0 Å². The Bertz CT molecular complexity index is 767. The lowest BCUT2D eigenvalue weighted by molar-refractivity contribution is 0.285. The van der Waals surface area contributed by atoms with Crippen LogP contribution in [0.4, 0.5) is 5.69 Å². The van der Waals surface area contributed by atoms with Crippen LogP contribution in [-0.4, -0.2) is 27.9 Å². The minimum absolute atomic E-state index is 0.0261. The number of hydrogen-bond donors (Lipinski definition) is 2. The number of aromatic nitrogens is 2. The number of aliphatic hydroxyl groups excluding tert-OH is 1. The first-order valence-corrected chi connectivity index (χ1v) is 7.20. The number of rotatable bonds is 6. The van der Waals surface area contributed by atoms with Crippen molar-refractivity contribution in [3.8, 4) is 11.3 Å². The third-order valence-electron chi connectivity index (χ3n) is 3.16. The van der Waals surface area contributed by atoms with Crippen molar-refractivity contribution in [1.29, 1.82) is 0 Å². The molecule has 0 aliphatic carbocycles.